The fourth-order valence-electron chi connectivity index (χ4n) is 0.361. The first kappa shape index (κ1) is 9.94. The summed E-state index contributed by atoms with van der Waals surface area (Å²) in [5.41, 5.74) is 0. The van der Waals surface area contributed by atoms with Crippen LogP contribution in [-0.4, -0.2) is 23.1 Å². The van der Waals surface area contributed by atoms with E-state index in [9.17, 15) is 9.59 Å². The van der Waals surface area contributed by atoms with Gasteiger partial charge in [-0.15, -0.1) is 0 Å². The molecule has 0 saturated heterocycles. The highest BCUT2D eigenvalue weighted by atomic mass is 16.6. The lowest BCUT2D eigenvalue weighted by molar-refractivity contribution is -0.164. The van der Waals surface area contributed by atoms with Crippen molar-refractivity contribution in [2.24, 2.45) is 5.92 Å². The Kier molecular flexibility index (Phi) is 3.57. The summed E-state index contributed by atoms with van der Waals surface area (Å²) in [5.74, 6) is -1.89. The van der Waals surface area contributed by atoms with E-state index < -0.39 is 18.0 Å². The molecule has 64 valence electrons. The third kappa shape index (κ3) is 3.60. The maximum Gasteiger partial charge on any atom is 0.344 e. The van der Waals surface area contributed by atoms with Crippen LogP contribution in [-0.2, 0) is 14.3 Å². The van der Waals surface area contributed by atoms with Crippen LogP contribution in [0.2, 0.25) is 0 Å². The van der Waals surface area contributed by atoms with Gasteiger partial charge in [-0.25, -0.2) is 4.79 Å². The van der Waals surface area contributed by atoms with Crippen LogP contribution in [0.4, 0.5) is 0 Å². The van der Waals surface area contributed by atoms with Crippen LogP contribution in [0, 0.1) is 5.92 Å². The molecular formula is C7H12O4. The molecule has 1 N–H and O–H groups in total. The van der Waals surface area contributed by atoms with Gasteiger partial charge in [0.25, 0.3) is 0 Å². The molecule has 0 aliphatic carbocycles. The van der Waals surface area contributed by atoms with Crippen molar-refractivity contribution in [3.63, 3.8) is 0 Å². The van der Waals surface area contributed by atoms with Crippen molar-refractivity contribution in [1.82, 2.24) is 0 Å². The van der Waals surface area contributed by atoms with Crippen molar-refractivity contribution in [2.75, 3.05) is 0 Å². The van der Waals surface area contributed by atoms with Crippen molar-refractivity contribution in [3.05, 3.63) is 0 Å². The highest BCUT2D eigenvalue weighted by Crippen LogP contribution is 1.99. The Morgan fingerprint density at radius 1 is 1.27 bits per heavy atom. The Balaban J connectivity index is 3.85. The molecule has 0 aliphatic rings. The maximum absolute atomic E-state index is 10.8. The topological polar surface area (TPSA) is 63.6 Å². The molecule has 0 fully saturated rings. The van der Waals surface area contributed by atoms with E-state index in [1.165, 1.54) is 6.92 Å². The molecule has 0 saturated carbocycles. The number of rotatable bonds is 3. The first-order chi connectivity index (χ1) is 4.95. The number of carbonyl (C=O) groups is 2. The van der Waals surface area contributed by atoms with Crippen LogP contribution in [0.25, 0.3) is 0 Å². The molecule has 1 unspecified atom stereocenters. The Morgan fingerprint density at radius 2 is 1.73 bits per heavy atom. The maximum atomic E-state index is 10.8. The second-order valence-electron chi connectivity index (χ2n) is 2.57. The Bertz CT molecular complexity index is 162. The Labute approximate surface area is 65.2 Å². The number of ether oxygens (including phenoxy) is 1. The average molecular weight is 160 g/mol. The molecule has 0 amide bonds. The predicted molar refractivity (Wildman–Crippen MR) is 38.0 cm³/mol. The van der Waals surface area contributed by atoms with Gasteiger partial charge in [-0.1, -0.05) is 13.8 Å². The van der Waals surface area contributed by atoms with Crippen LogP contribution < -0.4 is 0 Å². The molecule has 0 spiro atoms. The molecule has 0 rings (SSSR count). The average Bonchev–Trinajstić information content (AvgIpc) is 1.87. The number of esters is 1. The van der Waals surface area contributed by atoms with Crippen molar-refractivity contribution < 1.29 is 19.4 Å². The molecule has 4 nitrogen and oxygen atoms in total. The van der Waals surface area contributed by atoms with Gasteiger partial charge in [-0.2, -0.15) is 0 Å². The lowest BCUT2D eigenvalue weighted by Crippen LogP contribution is -2.25. The molecule has 0 radical (unpaired) electrons. The normalized spacial score (nSPS) is 12.7. The lowest BCUT2D eigenvalue weighted by atomic mass is 10.2. The van der Waals surface area contributed by atoms with E-state index >= 15 is 0 Å². The summed E-state index contributed by atoms with van der Waals surface area (Å²) in [7, 11) is 0. The molecule has 11 heavy (non-hydrogen) atoms. The van der Waals surface area contributed by atoms with Gasteiger partial charge in [-0.05, 0) is 6.92 Å². The van der Waals surface area contributed by atoms with E-state index in [2.05, 4.69) is 4.74 Å². The SMILES string of the molecule is CC(C)C(=O)OC(C)C(=O)O. The van der Waals surface area contributed by atoms with Crippen molar-refractivity contribution in [2.45, 2.75) is 26.9 Å². The number of hydrogen-bond donors (Lipinski definition) is 1. The van der Waals surface area contributed by atoms with Gasteiger partial charge in [0, 0.05) is 0 Å². The summed E-state index contributed by atoms with van der Waals surface area (Å²) in [6.07, 6.45) is -1.05. The van der Waals surface area contributed by atoms with E-state index in [0.29, 0.717) is 0 Å². The minimum absolute atomic E-state index is 0.281. The first-order valence-corrected chi connectivity index (χ1v) is 3.38. The van der Waals surface area contributed by atoms with Crippen molar-refractivity contribution in [1.29, 1.82) is 0 Å². The van der Waals surface area contributed by atoms with Gasteiger partial charge in [0.05, 0.1) is 5.92 Å². The van der Waals surface area contributed by atoms with Crippen LogP contribution >= 0.6 is 0 Å². The third-order valence-corrected chi connectivity index (χ3v) is 1.11. The number of carboxylic acid groups (broad SMARTS) is 1. The van der Waals surface area contributed by atoms with E-state index in [4.69, 9.17) is 5.11 Å². The minimum atomic E-state index is -1.13. The highest BCUT2D eigenvalue weighted by molar-refractivity contribution is 5.78. The van der Waals surface area contributed by atoms with E-state index in [-0.39, 0.29) is 5.92 Å². The van der Waals surface area contributed by atoms with Crippen LogP contribution in [0.15, 0.2) is 0 Å². The second-order valence-corrected chi connectivity index (χ2v) is 2.57. The predicted octanol–water partition coefficient (Wildman–Crippen LogP) is 0.659. The lowest BCUT2D eigenvalue weighted by Gasteiger charge is -2.09. The van der Waals surface area contributed by atoms with Gasteiger partial charge in [0.2, 0.25) is 0 Å². The summed E-state index contributed by atoms with van der Waals surface area (Å²) in [6, 6.07) is 0. The molecule has 0 bridgehead atoms. The fourth-order valence-corrected chi connectivity index (χ4v) is 0.361. The van der Waals surface area contributed by atoms with Gasteiger partial charge < -0.3 is 9.84 Å². The monoisotopic (exact) mass is 160 g/mol. The molecule has 0 aromatic heterocycles. The van der Waals surface area contributed by atoms with Crippen LogP contribution in [0.1, 0.15) is 20.8 Å². The standard InChI is InChI=1S/C7H12O4/c1-4(2)7(10)11-5(3)6(8)9/h4-5H,1-3H3,(H,8,9). The molecule has 0 heterocycles. The summed E-state index contributed by atoms with van der Waals surface area (Å²) < 4.78 is 4.53. The summed E-state index contributed by atoms with van der Waals surface area (Å²) in [6.45, 7) is 4.62. The molecule has 4 heteroatoms. The van der Waals surface area contributed by atoms with E-state index in [1.807, 2.05) is 0 Å². The first-order valence-electron chi connectivity index (χ1n) is 3.38. The Morgan fingerprint density at radius 3 is 2.00 bits per heavy atom. The molecule has 0 aromatic rings. The highest BCUT2D eigenvalue weighted by Gasteiger charge is 2.17. The van der Waals surface area contributed by atoms with Gasteiger partial charge >= 0.3 is 11.9 Å². The summed E-state index contributed by atoms with van der Waals surface area (Å²) in [4.78, 5) is 21.0. The number of carboxylic acids is 1. The molecule has 0 aliphatic heterocycles. The zero-order chi connectivity index (χ0) is 9.02. The van der Waals surface area contributed by atoms with Gasteiger partial charge in [-0.3, -0.25) is 4.79 Å². The van der Waals surface area contributed by atoms with Crippen LogP contribution in [0.5, 0.6) is 0 Å². The van der Waals surface area contributed by atoms with Gasteiger partial charge in [0.1, 0.15) is 0 Å². The summed E-state index contributed by atoms with van der Waals surface area (Å²) in [5, 5.41) is 8.34. The molecule has 1 atom stereocenters. The Hall–Kier alpha value is -1.06. The van der Waals surface area contributed by atoms with E-state index in [1.54, 1.807) is 13.8 Å². The van der Waals surface area contributed by atoms with Crippen molar-refractivity contribution >= 4 is 11.9 Å². The number of carbonyl (C=O) groups excluding carboxylic acids is 1. The van der Waals surface area contributed by atoms with Crippen molar-refractivity contribution in [3.8, 4) is 0 Å². The summed E-state index contributed by atoms with van der Waals surface area (Å²) >= 11 is 0. The minimum Gasteiger partial charge on any atom is -0.479 e. The zero-order valence-corrected chi connectivity index (χ0v) is 6.83. The zero-order valence-electron chi connectivity index (χ0n) is 6.83. The number of aliphatic carboxylic acids is 1. The smallest absolute Gasteiger partial charge is 0.344 e. The molecule has 0 aromatic carbocycles. The van der Waals surface area contributed by atoms with E-state index in [0.717, 1.165) is 0 Å². The second kappa shape index (κ2) is 3.95. The number of hydrogen-bond acceptors (Lipinski definition) is 3. The molecular weight excluding hydrogens is 148 g/mol. The van der Waals surface area contributed by atoms with Crippen LogP contribution in [0.3, 0.4) is 0 Å². The third-order valence-electron chi connectivity index (χ3n) is 1.11. The largest absolute Gasteiger partial charge is 0.479 e. The fraction of sp³-hybridized carbons (Fsp3) is 0.714. The van der Waals surface area contributed by atoms with Gasteiger partial charge in [0.15, 0.2) is 6.10 Å². The quantitative estimate of drug-likeness (QED) is 0.616.